The lowest BCUT2D eigenvalue weighted by atomic mass is 9.90. The van der Waals surface area contributed by atoms with Gasteiger partial charge in [0.2, 0.25) is 0 Å². The number of hydrogen-bond acceptors (Lipinski definition) is 3. The van der Waals surface area contributed by atoms with E-state index in [4.69, 9.17) is 0 Å². The molecule has 3 N–H and O–H groups in total. The Bertz CT molecular complexity index is 615. The first-order valence-corrected chi connectivity index (χ1v) is 11.2. The van der Waals surface area contributed by atoms with Crippen LogP contribution in [0.25, 0.3) is 0 Å². The molecule has 2 rings (SSSR count). The average Bonchev–Trinajstić information content (AvgIpc) is 2.77. The van der Waals surface area contributed by atoms with E-state index in [9.17, 15) is 0 Å². The minimum Gasteiger partial charge on any atom is -0.355 e. The zero-order valence-electron chi connectivity index (χ0n) is 18.9. The molecule has 1 aliphatic heterocycles. The smallest absolute Gasteiger partial charge is 0.191 e. The Balaban J connectivity index is 1.89. The number of piperidine rings is 1. The van der Waals surface area contributed by atoms with Crippen molar-refractivity contribution in [3.8, 4) is 0 Å². The molecule has 0 spiro atoms. The second-order valence-electron chi connectivity index (χ2n) is 8.20. The van der Waals surface area contributed by atoms with Crippen LogP contribution in [-0.4, -0.2) is 55.7 Å². The molecule has 1 atom stereocenters. The van der Waals surface area contributed by atoms with Gasteiger partial charge >= 0.3 is 0 Å². The SMILES string of the molecule is C=CCN1CCC(NC(=NC)NCC(CC)(CC)NC(C)c2ccccc2)CC1. The quantitative estimate of drug-likeness (QED) is 0.319. The molecule has 5 heteroatoms. The van der Waals surface area contributed by atoms with Crippen LogP contribution in [0.3, 0.4) is 0 Å². The maximum Gasteiger partial charge on any atom is 0.191 e. The molecule has 0 radical (unpaired) electrons. The molecule has 0 bridgehead atoms. The molecule has 1 unspecified atom stereocenters. The van der Waals surface area contributed by atoms with Crippen LogP contribution in [0.1, 0.15) is 58.1 Å². The van der Waals surface area contributed by atoms with E-state index in [-0.39, 0.29) is 5.54 Å². The molecule has 0 aromatic heterocycles. The summed E-state index contributed by atoms with van der Waals surface area (Å²) in [5.74, 6) is 0.910. The van der Waals surface area contributed by atoms with Gasteiger partial charge in [-0.1, -0.05) is 50.3 Å². The number of guanidine groups is 1. The molecular weight excluding hydrogens is 358 g/mol. The fourth-order valence-corrected chi connectivity index (χ4v) is 4.12. The highest BCUT2D eigenvalue weighted by atomic mass is 15.2. The molecule has 1 aromatic rings. The summed E-state index contributed by atoms with van der Waals surface area (Å²) >= 11 is 0. The van der Waals surface area contributed by atoms with Gasteiger partial charge in [0.05, 0.1) is 0 Å². The Kier molecular flexibility index (Phi) is 9.68. The third-order valence-electron chi connectivity index (χ3n) is 6.31. The highest BCUT2D eigenvalue weighted by molar-refractivity contribution is 5.80. The van der Waals surface area contributed by atoms with E-state index < -0.39 is 0 Å². The van der Waals surface area contributed by atoms with Crippen LogP contribution in [0.4, 0.5) is 0 Å². The number of rotatable bonds is 10. The standard InChI is InChI=1S/C24H41N5/c1-6-16-29-17-14-22(15-18-29)27-23(25-5)26-19-24(7-2,8-3)28-20(4)21-12-10-9-11-13-21/h6,9-13,20,22,28H,1,7-8,14-19H2,2-5H3,(H2,25,26,27). The van der Waals surface area contributed by atoms with Crippen LogP contribution in [0.15, 0.2) is 48.0 Å². The number of hydrogen-bond donors (Lipinski definition) is 3. The monoisotopic (exact) mass is 399 g/mol. The number of aliphatic imine (C=N–C) groups is 1. The summed E-state index contributed by atoms with van der Waals surface area (Å²) in [6, 6.07) is 11.5. The van der Waals surface area contributed by atoms with Crippen LogP contribution in [0, 0.1) is 0 Å². The van der Waals surface area contributed by atoms with Crippen molar-refractivity contribution < 1.29 is 0 Å². The van der Waals surface area contributed by atoms with Gasteiger partial charge in [0.25, 0.3) is 0 Å². The average molecular weight is 400 g/mol. The lowest BCUT2D eigenvalue weighted by Gasteiger charge is -2.37. The number of nitrogens with zero attached hydrogens (tertiary/aromatic N) is 2. The molecular formula is C24H41N5. The van der Waals surface area contributed by atoms with Gasteiger partial charge in [-0.05, 0) is 38.2 Å². The van der Waals surface area contributed by atoms with Crippen LogP contribution in [0.2, 0.25) is 0 Å². The molecule has 1 aliphatic rings. The summed E-state index contributed by atoms with van der Waals surface area (Å²) in [5, 5.41) is 11.1. The van der Waals surface area contributed by atoms with Gasteiger partial charge in [0.15, 0.2) is 5.96 Å². The van der Waals surface area contributed by atoms with Gasteiger partial charge in [-0.15, -0.1) is 6.58 Å². The minimum absolute atomic E-state index is 0.0280. The van der Waals surface area contributed by atoms with E-state index in [1.54, 1.807) is 0 Å². The lowest BCUT2D eigenvalue weighted by molar-refractivity contribution is 0.224. The van der Waals surface area contributed by atoms with E-state index in [1.165, 1.54) is 5.56 Å². The Hall–Kier alpha value is -1.85. The Labute approximate surface area is 178 Å². The van der Waals surface area contributed by atoms with Crippen LogP contribution < -0.4 is 16.0 Å². The van der Waals surface area contributed by atoms with Crippen LogP contribution in [0.5, 0.6) is 0 Å². The van der Waals surface area contributed by atoms with Crippen molar-refractivity contribution in [1.29, 1.82) is 0 Å². The normalized spacial score (nSPS) is 17.7. The third-order valence-corrected chi connectivity index (χ3v) is 6.31. The molecule has 0 amide bonds. The predicted molar refractivity (Wildman–Crippen MR) is 125 cm³/mol. The fraction of sp³-hybridized carbons (Fsp3) is 0.625. The molecule has 29 heavy (non-hydrogen) atoms. The Morgan fingerprint density at radius 1 is 1.24 bits per heavy atom. The number of likely N-dealkylation sites (tertiary alicyclic amines) is 1. The van der Waals surface area contributed by atoms with E-state index in [2.05, 4.69) is 83.5 Å². The van der Waals surface area contributed by atoms with Crippen molar-refractivity contribution in [2.24, 2.45) is 4.99 Å². The number of nitrogens with one attached hydrogen (secondary N) is 3. The molecule has 0 aliphatic carbocycles. The van der Waals surface area contributed by atoms with E-state index >= 15 is 0 Å². The fourth-order valence-electron chi connectivity index (χ4n) is 4.12. The van der Waals surface area contributed by atoms with Crippen molar-refractivity contribution in [1.82, 2.24) is 20.9 Å². The van der Waals surface area contributed by atoms with Crippen LogP contribution >= 0.6 is 0 Å². The van der Waals surface area contributed by atoms with Gasteiger partial charge < -0.3 is 16.0 Å². The summed E-state index contributed by atoms with van der Waals surface area (Å²) < 4.78 is 0. The third kappa shape index (κ3) is 7.16. The van der Waals surface area contributed by atoms with Crippen molar-refractivity contribution in [3.05, 3.63) is 48.6 Å². The molecule has 5 nitrogen and oxygen atoms in total. The first-order chi connectivity index (χ1) is 14.1. The molecule has 162 valence electrons. The maximum atomic E-state index is 4.48. The van der Waals surface area contributed by atoms with Crippen molar-refractivity contribution in [3.63, 3.8) is 0 Å². The highest BCUT2D eigenvalue weighted by Crippen LogP contribution is 2.21. The Morgan fingerprint density at radius 2 is 1.90 bits per heavy atom. The zero-order chi connectivity index (χ0) is 21.1. The topological polar surface area (TPSA) is 51.7 Å². The number of benzene rings is 1. The van der Waals surface area contributed by atoms with Gasteiger partial charge in [-0.25, -0.2) is 0 Å². The van der Waals surface area contributed by atoms with Gasteiger partial charge in [0, 0.05) is 50.8 Å². The largest absolute Gasteiger partial charge is 0.355 e. The van der Waals surface area contributed by atoms with E-state index in [1.807, 2.05) is 13.1 Å². The minimum atomic E-state index is 0.0280. The molecule has 0 saturated carbocycles. The second kappa shape index (κ2) is 12.0. The lowest BCUT2D eigenvalue weighted by Crippen LogP contribution is -2.56. The first-order valence-electron chi connectivity index (χ1n) is 11.2. The zero-order valence-corrected chi connectivity index (χ0v) is 18.9. The van der Waals surface area contributed by atoms with E-state index in [0.717, 1.165) is 57.8 Å². The highest BCUT2D eigenvalue weighted by Gasteiger charge is 2.28. The summed E-state index contributed by atoms with van der Waals surface area (Å²) in [5.41, 5.74) is 1.35. The molecule has 1 aromatic carbocycles. The Morgan fingerprint density at radius 3 is 2.45 bits per heavy atom. The van der Waals surface area contributed by atoms with Crippen LogP contribution in [-0.2, 0) is 0 Å². The molecule has 1 heterocycles. The summed E-state index contributed by atoms with van der Waals surface area (Å²) in [7, 11) is 1.86. The summed E-state index contributed by atoms with van der Waals surface area (Å²) in [4.78, 5) is 6.94. The van der Waals surface area contributed by atoms with Crippen molar-refractivity contribution in [2.75, 3.05) is 33.2 Å². The maximum absolute atomic E-state index is 4.48. The van der Waals surface area contributed by atoms with Crippen molar-refractivity contribution in [2.45, 2.75) is 64.1 Å². The second-order valence-corrected chi connectivity index (χ2v) is 8.20. The van der Waals surface area contributed by atoms with Gasteiger partial charge in [-0.2, -0.15) is 0 Å². The predicted octanol–water partition coefficient (Wildman–Crippen LogP) is 3.71. The van der Waals surface area contributed by atoms with Gasteiger partial charge in [0.1, 0.15) is 0 Å². The molecule has 1 fully saturated rings. The van der Waals surface area contributed by atoms with E-state index in [0.29, 0.717) is 12.1 Å². The summed E-state index contributed by atoms with van der Waals surface area (Å²) in [6.07, 6.45) is 6.40. The van der Waals surface area contributed by atoms with Crippen molar-refractivity contribution >= 4 is 5.96 Å². The van der Waals surface area contributed by atoms with Gasteiger partial charge in [-0.3, -0.25) is 9.89 Å². The molecule has 1 saturated heterocycles. The first kappa shape index (κ1) is 23.4. The summed E-state index contributed by atoms with van der Waals surface area (Å²) in [6.45, 7) is 14.7.